The van der Waals surface area contributed by atoms with Gasteiger partial charge in [-0.15, -0.1) is 5.10 Å². The van der Waals surface area contributed by atoms with Gasteiger partial charge in [-0.05, 0) is 41.0 Å². The predicted molar refractivity (Wildman–Crippen MR) is 125 cm³/mol. The topological polar surface area (TPSA) is 80.2 Å². The van der Waals surface area contributed by atoms with Crippen LogP contribution in [-0.4, -0.2) is 20.3 Å². The molecule has 4 aromatic rings. The number of halogens is 3. The summed E-state index contributed by atoms with van der Waals surface area (Å²) < 4.78 is 18.6. The Balaban J connectivity index is 1.28. The molecule has 0 radical (unpaired) electrons. The van der Waals surface area contributed by atoms with E-state index < -0.39 is 0 Å². The molecule has 2 N–H and O–H groups in total. The molecule has 0 aliphatic heterocycles. The van der Waals surface area contributed by atoms with Crippen molar-refractivity contribution in [2.75, 3.05) is 0 Å². The molecule has 6 nitrogen and oxygen atoms in total. The molecule has 0 saturated carbocycles. The molecule has 0 bridgehead atoms. The van der Waals surface area contributed by atoms with Gasteiger partial charge >= 0.3 is 6.01 Å². The minimum Gasteiger partial charge on any atom is -0.505 e. The smallest absolute Gasteiger partial charge is 0.336 e. The third-order valence-corrected chi connectivity index (χ3v) is 5.39. The van der Waals surface area contributed by atoms with Crippen molar-refractivity contribution >= 4 is 23.2 Å². The van der Waals surface area contributed by atoms with E-state index in [9.17, 15) is 9.50 Å². The van der Waals surface area contributed by atoms with Crippen molar-refractivity contribution in [3.63, 3.8) is 0 Å². The van der Waals surface area contributed by atoms with E-state index in [0.29, 0.717) is 31.0 Å². The van der Waals surface area contributed by atoms with Crippen molar-refractivity contribution in [2.24, 2.45) is 0 Å². The van der Waals surface area contributed by atoms with Crippen LogP contribution in [0.25, 0.3) is 11.3 Å². The van der Waals surface area contributed by atoms with Crippen molar-refractivity contribution < 1.29 is 14.2 Å². The zero-order chi connectivity index (χ0) is 23.2. The summed E-state index contributed by atoms with van der Waals surface area (Å²) in [6.07, 6.45) is 1.50. The van der Waals surface area contributed by atoms with Gasteiger partial charge < -0.3 is 15.2 Å². The number of rotatable bonds is 8. The van der Waals surface area contributed by atoms with Crippen LogP contribution in [0.5, 0.6) is 11.8 Å². The van der Waals surface area contributed by atoms with Gasteiger partial charge in [-0.25, -0.2) is 9.37 Å². The van der Waals surface area contributed by atoms with E-state index in [1.54, 1.807) is 12.1 Å². The lowest BCUT2D eigenvalue weighted by molar-refractivity contribution is 0.276. The lowest BCUT2D eigenvalue weighted by Gasteiger charge is -2.08. The van der Waals surface area contributed by atoms with Crippen LogP contribution >= 0.6 is 23.2 Å². The van der Waals surface area contributed by atoms with Crippen LogP contribution in [0.3, 0.4) is 0 Å². The monoisotopic (exact) mass is 484 g/mol. The van der Waals surface area contributed by atoms with Crippen LogP contribution in [0.1, 0.15) is 16.7 Å². The van der Waals surface area contributed by atoms with Gasteiger partial charge in [-0.1, -0.05) is 64.7 Å². The number of phenolic OH excluding ortho intramolecular Hbond substituents is 1. The second-order valence-corrected chi connectivity index (χ2v) is 8.06. The summed E-state index contributed by atoms with van der Waals surface area (Å²) in [7, 11) is 0. The number of ether oxygens (including phenoxy) is 1. The highest BCUT2D eigenvalue weighted by molar-refractivity contribution is 6.37. The Morgan fingerprint density at radius 2 is 1.42 bits per heavy atom. The highest BCUT2D eigenvalue weighted by atomic mass is 35.5. The standard InChI is InChI=1S/C24H19Cl2FN4O2/c25-20-9-18(10-21(26)23(20)32)22-13-29-24(31-30-22)33-14-17-3-1-15(2-4-17)11-28-12-16-5-7-19(27)8-6-16/h1-10,13,28,32H,11-12,14H2. The Hall–Kier alpha value is -3.26. The van der Waals surface area contributed by atoms with E-state index in [2.05, 4.69) is 20.5 Å². The lowest BCUT2D eigenvalue weighted by atomic mass is 10.1. The number of hydrogen-bond acceptors (Lipinski definition) is 6. The first-order chi connectivity index (χ1) is 16.0. The number of hydrogen-bond donors (Lipinski definition) is 2. The van der Waals surface area contributed by atoms with Gasteiger partial charge in [0.25, 0.3) is 0 Å². The molecule has 0 spiro atoms. The molecule has 3 aromatic carbocycles. The normalized spacial score (nSPS) is 10.9. The van der Waals surface area contributed by atoms with E-state index in [4.69, 9.17) is 27.9 Å². The Morgan fingerprint density at radius 3 is 2.00 bits per heavy atom. The highest BCUT2D eigenvalue weighted by Gasteiger charge is 2.10. The molecule has 1 aromatic heterocycles. The van der Waals surface area contributed by atoms with Gasteiger partial charge in [-0.2, -0.15) is 0 Å². The molecule has 0 unspecified atom stereocenters. The molecule has 1 heterocycles. The van der Waals surface area contributed by atoms with Crippen molar-refractivity contribution in [3.8, 4) is 23.0 Å². The van der Waals surface area contributed by atoms with Crippen molar-refractivity contribution in [3.05, 3.63) is 99.4 Å². The van der Waals surface area contributed by atoms with E-state index in [0.717, 1.165) is 16.7 Å². The molecule has 168 valence electrons. The third kappa shape index (κ3) is 6.16. The largest absolute Gasteiger partial charge is 0.505 e. The first kappa shape index (κ1) is 22.9. The zero-order valence-electron chi connectivity index (χ0n) is 17.3. The fraction of sp³-hybridized carbons (Fsp3) is 0.125. The van der Waals surface area contributed by atoms with E-state index in [1.165, 1.54) is 30.5 Å². The minimum atomic E-state index is -0.235. The van der Waals surface area contributed by atoms with Crippen molar-refractivity contribution in [1.82, 2.24) is 20.5 Å². The average Bonchev–Trinajstić information content (AvgIpc) is 2.83. The second kappa shape index (κ2) is 10.6. The van der Waals surface area contributed by atoms with Crippen molar-refractivity contribution in [1.29, 1.82) is 0 Å². The summed E-state index contributed by atoms with van der Waals surface area (Å²) in [5, 5.41) is 21.3. The average molecular weight is 485 g/mol. The summed E-state index contributed by atoms with van der Waals surface area (Å²) in [5.41, 5.74) is 4.13. The van der Waals surface area contributed by atoms with Crippen LogP contribution in [0.2, 0.25) is 10.0 Å². The Kier molecular flexibility index (Phi) is 7.34. The number of benzene rings is 3. The van der Waals surface area contributed by atoms with E-state index in [-0.39, 0.29) is 27.6 Å². The Labute approximate surface area is 200 Å². The van der Waals surface area contributed by atoms with Gasteiger partial charge in [0.15, 0.2) is 5.75 Å². The molecular formula is C24H19Cl2FN4O2. The zero-order valence-corrected chi connectivity index (χ0v) is 18.8. The fourth-order valence-electron chi connectivity index (χ4n) is 3.03. The Morgan fingerprint density at radius 1 is 0.848 bits per heavy atom. The van der Waals surface area contributed by atoms with E-state index >= 15 is 0 Å². The maximum Gasteiger partial charge on any atom is 0.336 e. The molecule has 0 saturated heterocycles. The van der Waals surface area contributed by atoms with Crippen LogP contribution in [0, 0.1) is 5.82 Å². The molecule has 4 rings (SSSR count). The molecule has 9 heteroatoms. The van der Waals surface area contributed by atoms with Crippen LogP contribution in [0.4, 0.5) is 4.39 Å². The van der Waals surface area contributed by atoms with Crippen LogP contribution < -0.4 is 10.1 Å². The maximum atomic E-state index is 13.0. The predicted octanol–water partition coefficient (Wildman–Crippen LogP) is 5.56. The molecule has 0 amide bonds. The molecular weight excluding hydrogens is 466 g/mol. The van der Waals surface area contributed by atoms with Crippen LogP contribution in [-0.2, 0) is 19.7 Å². The van der Waals surface area contributed by atoms with E-state index in [1.807, 2.05) is 24.3 Å². The number of nitrogens with one attached hydrogen (secondary N) is 1. The minimum absolute atomic E-state index is 0.119. The number of aromatic nitrogens is 3. The molecule has 0 aliphatic carbocycles. The van der Waals surface area contributed by atoms with Crippen molar-refractivity contribution in [2.45, 2.75) is 19.7 Å². The third-order valence-electron chi connectivity index (χ3n) is 4.82. The number of nitrogens with zero attached hydrogens (tertiary/aromatic N) is 3. The molecule has 0 aliphatic rings. The lowest BCUT2D eigenvalue weighted by Crippen LogP contribution is -2.12. The number of phenols is 1. The summed E-state index contributed by atoms with van der Waals surface area (Å²) in [6, 6.07) is 17.6. The second-order valence-electron chi connectivity index (χ2n) is 7.25. The molecule has 0 atom stereocenters. The quantitative estimate of drug-likeness (QED) is 0.340. The van der Waals surface area contributed by atoms with Gasteiger partial charge in [0.2, 0.25) is 0 Å². The van der Waals surface area contributed by atoms with Crippen LogP contribution in [0.15, 0.2) is 66.9 Å². The van der Waals surface area contributed by atoms with Gasteiger partial charge in [-0.3, -0.25) is 0 Å². The maximum absolute atomic E-state index is 13.0. The Bertz CT molecular complexity index is 1200. The summed E-state index contributed by atoms with van der Waals surface area (Å²) in [5.74, 6) is -0.418. The number of aromatic hydroxyl groups is 1. The summed E-state index contributed by atoms with van der Waals surface area (Å²) in [4.78, 5) is 4.17. The first-order valence-corrected chi connectivity index (χ1v) is 10.8. The van der Waals surface area contributed by atoms with Gasteiger partial charge in [0.05, 0.1) is 16.2 Å². The van der Waals surface area contributed by atoms with Gasteiger partial charge in [0.1, 0.15) is 18.1 Å². The summed E-state index contributed by atoms with van der Waals surface area (Å²) in [6.45, 7) is 1.65. The first-order valence-electron chi connectivity index (χ1n) is 10.0. The van der Waals surface area contributed by atoms with Gasteiger partial charge in [0, 0.05) is 18.7 Å². The molecule has 0 fully saturated rings. The highest BCUT2D eigenvalue weighted by Crippen LogP contribution is 2.35. The molecule has 33 heavy (non-hydrogen) atoms. The summed E-state index contributed by atoms with van der Waals surface area (Å²) >= 11 is 11.9. The SMILES string of the molecule is Oc1c(Cl)cc(-c2cnc(OCc3ccc(CNCc4ccc(F)cc4)cc3)nn2)cc1Cl. The fourth-order valence-corrected chi connectivity index (χ4v) is 3.52.